The summed E-state index contributed by atoms with van der Waals surface area (Å²) in [4.78, 5) is 25.6. The van der Waals surface area contributed by atoms with Crippen molar-refractivity contribution in [2.24, 2.45) is 0 Å². The lowest BCUT2D eigenvalue weighted by atomic mass is 10.1. The fourth-order valence-corrected chi connectivity index (χ4v) is 3.07. The third-order valence-corrected chi connectivity index (χ3v) is 4.83. The van der Waals surface area contributed by atoms with Crippen molar-refractivity contribution in [1.29, 1.82) is 0 Å². The molecule has 0 fully saturated rings. The van der Waals surface area contributed by atoms with Crippen molar-refractivity contribution in [3.63, 3.8) is 0 Å². The highest BCUT2D eigenvalue weighted by molar-refractivity contribution is 5.84. The van der Waals surface area contributed by atoms with Crippen molar-refractivity contribution in [1.82, 2.24) is 14.7 Å². The van der Waals surface area contributed by atoms with Gasteiger partial charge in [0.2, 0.25) is 5.52 Å². The molecule has 0 radical (unpaired) electrons. The van der Waals surface area contributed by atoms with Gasteiger partial charge in [0.15, 0.2) is 5.52 Å². The number of aliphatic hydroxyl groups is 4. The molecule has 0 unspecified atom stereocenters. The second-order valence-electron chi connectivity index (χ2n) is 6.71. The normalized spacial score (nSPS) is 16.1. The molecule has 3 atom stereocenters. The average molecular weight is 375 g/mol. The predicted molar refractivity (Wildman–Crippen MR) is 92.1 cm³/mol. The molecule has 3 aromatic rings. The molecule has 2 aromatic heterocycles. The van der Waals surface area contributed by atoms with Crippen LogP contribution >= 0.6 is 0 Å². The van der Waals surface area contributed by atoms with E-state index in [1.807, 2.05) is 26.0 Å². The average Bonchev–Trinajstić information content (AvgIpc) is 3.44. The maximum Gasteiger partial charge on any atom is 0.494 e. The van der Waals surface area contributed by atoms with Crippen LogP contribution in [0.5, 0.6) is 5.88 Å². The summed E-state index contributed by atoms with van der Waals surface area (Å²) < 4.78 is 2.58. The number of aliphatic hydroxyl groups excluding tert-OH is 4. The summed E-state index contributed by atoms with van der Waals surface area (Å²) in [5.41, 5.74) is 3.14. The zero-order chi connectivity index (χ0) is 19.5. The fraction of sp³-hybridized carbons (Fsp3) is 0.412. The molecule has 0 spiro atoms. The summed E-state index contributed by atoms with van der Waals surface area (Å²) >= 11 is 0. The van der Waals surface area contributed by atoms with E-state index in [0.29, 0.717) is 16.6 Å². The first kappa shape index (κ1) is 17.7. The molecule has 10 nitrogen and oxygen atoms in total. The molecule has 1 aliphatic heterocycles. The van der Waals surface area contributed by atoms with Crippen molar-refractivity contribution in [3.8, 4) is 5.88 Å². The molecule has 142 valence electrons. The molecular weight excluding hydrogens is 356 g/mol. The topological polar surface area (TPSA) is 145 Å². The lowest BCUT2D eigenvalue weighted by molar-refractivity contribution is -0.657. The van der Waals surface area contributed by atoms with Gasteiger partial charge in [0.1, 0.15) is 30.4 Å². The molecule has 0 aliphatic carbocycles. The maximum atomic E-state index is 12.0. The number of hydrogen-bond donors (Lipinski definition) is 4. The van der Waals surface area contributed by atoms with Crippen LogP contribution in [0, 0.1) is 13.8 Å². The monoisotopic (exact) mass is 375 g/mol. The molecule has 27 heavy (non-hydrogen) atoms. The van der Waals surface area contributed by atoms with Gasteiger partial charge in [-0.1, -0.05) is 4.73 Å². The number of rotatable bonds is 5. The Morgan fingerprint density at radius 2 is 1.85 bits per heavy atom. The van der Waals surface area contributed by atoms with E-state index in [9.17, 15) is 20.1 Å². The highest BCUT2D eigenvalue weighted by atomic mass is 16.8. The Kier molecular flexibility index (Phi) is 4.07. The van der Waals surface area contributed by atoms with E-state index in [-0.39, 0.29) is 18.1 Å². The zero-order valence-electron chi connectivity index (χ0n) is 14.7. The van der Waals surface area contributed by atoms with Gasteiger partial charge in [-0.2, -0.15) is 0 Å². The predicted octanol–water partition coefficient (Wildman–Crippen LogP) is -1.92. The minimum atomic E-state index is -1.58. The number of hydrogen-bond acceptors (Lipinski definition) is 8. The lowest BCUT2D eigenvalue weighted by Crippen LogP contribution is -2.50. The summed E-state index contributed by atoms with van der Waals surface area (Å²) in [7, 11) is 0. The van der Waals surface area contributed by atoms with Crippen molar-refractivity contribution in [2.75, 3.05) is 6.61 Å². The second-order valence-corrected chi connectivity index (χ2v) is 6.71. The van der Waals surface area contributed by atoms with Gasteiger partial charge in [-0.15, -0.1) is 0 Å². The minimum Gasteiger partial charge on any atom is -0.394 e. The lowest BCUT2D eigenvalue weighted by Gasteiger charge is -2.21. The largest absolute Gasteiger partial charge is 0.494 e. The summed E-state index contributed by atoms with van der Waals surface area (Å²) in [5.74, 6) is 0.282. The summed E-state index contributed by atoms with van der Waals surface area (Å²) in [6.07, 6.45) is -4.49. The van der Waals surface area contributed by atoms with E-state index in [2.05, 4.69) is 9.97 Å². The summed E-state index contributed by atoms with van der Waals surface area (Å²) in [5, 5.41) is 39.0. The van der Waals surface area contributed by atoms with Crippen LogP contribution in [0.25, 0.3) is 22.2 Å². The number of aromatic nitrogens is 4. The van der Waals surface area contributed by atoms with Crippen LogP contribution in [0.1, 0.15) is 11.1 Å². The van der Waals surface area contributed by atoms with Gasteiger partial charge in [-0.3, -0.25) is 0 Å². The first-order valence-electron chi connectivity index (χ1n) is 8.42. The zero-order valence-corrected chi connectivity index (χ0v) is 14.7. The molecule has 0 saturated heterocycles. The van der Waals surface area contributed by atoms with Crippen LogP contribution in [-0.2, 0) is 6.54 Å². The maximum absolute atomic E-state index is 12.0. The fourth-order valence-electron chi connectivity index (χ4n) is 3.07. The van der Waals surface area contributed by atoms with Gasteiger partial charge in [0.05, 0.1) is 6.61 Å². The molecule has 3 heterocycles. The quantitative estimate of drug-likeness (QED) is 0.179. The number of aryl methyl sites for hydroxylation is 2. The standard InChI is InChI=1S/C17H19N4O6/c1-7-3-9-10(4-8(7)2)20(5-11(23)14(25)12(24)6-22)15-13(18-9)16-21(27-16)17(26)19-15/h3-4,11-12,14,22-25H,5-6H2,1-2H3/q+1/t11-,12+,14-/m0/s1. The van der Waals surface area contributed by atoms with E-state index >= 15 is 0 Å². The molecule has 4 rings (SSSR count). The van der Waals surface area contributed by atoms with Gasteiger partial charge in [0.25, 0.3) is 0 Å². The molecular formula is C17H19N4O6+. The van der Waals surface area contributed by atoms with Crippen molar-refractivity contribution < 1.29 is 29.8 Å². The molecule has 0 bridgehead atoms. The van der Waals surface area contributed by atoms with Crippen molar-refractivity contribution >= 4 is 22.2 Å². The van der Waals surface area contributed by atoms with Crippen LogP contribution in [0.2, 0.25) is 0 Å². The van der Waals surface area contributed by atoms with Gasteiger partial charge < -0.3 is 25.3 Å². The SMILES string of the molecule is Cc1cc2nc3c4n(c(=O)nc3[n+](C[C@H](O)[C@H](O)[C@H](O)CO)c2cc1C)O4. The smallest absolute Gasteiger partial charge is 0.394 e. The summed E-state index contributed by atoms with van der Waals surface area (Å²) in [6, 6.07) is 3.72. The highest BCUT2D eigenvalue weighted by Crippen LogP contribution is 2.29. The first-order chi connectivity index (χ1) is 12.8. The molecule has 10 heteroatoms. The van der Waals surface area contributed by atoms with Crippen LogP contribution in [0.3, 0.4) is 0 Å². The first-order valence-corrected chi connectivity index (χ1v) is 8.42. The number of benzene rings is 1. The van der Waals surface area contributed by atoms with E-state index < -0.39 is 30.6 Å². The van der Waals surface area contributed by atoms with Crippen LogP contribution in [0.4, 0.5) is 0 Å². The number of nitrogens with zero attached hydrogens (tertiary/aromatic N) is 4. The minimum absolute atomic E-state index is 0.174. The third kappa shape index (κ3) is 2.82. The summed E-state index contributed by atoms with van der Waals surface area (Å²) in [6.45, 7) is 2.99. The van der Waals surface area contributed by atoms with E-state index in [0.717, 1.165) is 15.9 Å². The second kappa shape index (κ2) is 6.20. The van der Waals surface area contributed by atoms with Gasteiger partial charge in [-0.25, -0.2) is 14.3 Å². The van der Waals surface area contributed by atoms with Crippen LogP contribution in [-0.4, -0.2) is 60.0 Å². The molecule has 1 aromatic carbocycles. The van der Waals surface area contributed by atoms with Crippen molar-refractivity contribution in [3.05, 3.63) is 33.7 Å². The Hall–Kier alpha value is -2.66. The van der Waals surface area contributed by atoms with Gasteiger partial charge >= 0.3 is 17.2 Å². The Balaban J connectivity index is 1.95. The Morgan fingerprint density at radius 1 is 1.15 bits per heavy atom. The Morgan fingerprint density at radius 3 is 2.56 bits per heavy atom. The van der Waals surface area contributed by atoms with Crippen molar-refractivity contribution in [2.45, 2.75) is 38.7 Å². The van der Waals surface area contributed by atoms with Crippen LogP contribution in [0.15, 0.2) is 16.9 Å². The Labute approximate surface area is 152 Å². The van der Waals surface area contributed by atoms with Crippen LogP contribution < -0.4 is 15.1 Å². The molecule has 1 aliphatic rings. The molecule has 0 amide bonds. The molecule has 4 N–H and O–H groups in total. The van der Waals surface area contributed by atoms with E-state index in [1.165, 1.54) is 0 Å². The molecule has 0 saturated carbocycles. The van der Waals surface area contributed by atoms with E-state index in [4.69, 9.17) is 9.94 Å². The highest BCUT2D eigenvalue weighted by Gasteiger charge is 2.36. The van der Waals surface area contributed by atoms with E-state index in [1.54, 1.807) is 4.57 Å². The van der Waals surface area contributed by atoms with Gasteiger partial charge in [-0.05, 0) is 37.1 Å². The number of fused-ring (bicyclic) bond motifs is 4. The Bertz CT molecular complexity index is 1130. The third-order valence-electron chi connectivity index (χ3n) is 4.83. The van der Waals surface area contributed by atoms with Gasteiger partial charge in [0, 0.05) is 4.98 Å².